The Hall–Kier alpha value is -0.660. The molecule has 0 aromatic heterocycles. The normalized spacial score (nSPS) is 34.6. The smallest absolute Gasteiger partial charge is 0.136 e. The van der Waals surface area contributed by atoms with Gasteiger partial charge in [0.15, 0.2) is 0 Å². The van der Waals surface area contributed by atoms with Crippen LogP contribution in [0.1, 0.15) is 26.7 Å². The van der Waals surface area contributed by atoms with Crippen LogP contribution in [0.25, 0.3) is 0 Å². The van der Waals surface area contributed by atoms with Crippen molar-refractivity contribution in [1.29, 1.82) is 0 Å². The number of Topliss-reactive ketones (excluding diaryl/α,β-unsaturated/α-hetero) is 2. The van der Waals surface area contributed by atoms with Crippen LogP contribution >= 0.6 is 0 Å². The van der Waals surface area contributed by atoms with Crippen molar-refractivity contribution in [3.63, 3.8) is 0 Å². The molecule has 10 heavy (non-hydrogen) atoms. The van der Waals surface area contributed by atoms with Crippen molar-refractivity contribution in [3.05, 3.63) is 0 Å². The van der Waals surface area contributed by atoms with Gasteiger partial charge >= 0.3 is 0 Å². The maximum absolute atomic E-state index is 11.0. The maximum Gasteiger partial charge on any atom is 0.136 e. The van der Waals surface area contributed by atoms with Gasteiger partial charge in [0.25, 0.3) is 0 Å². The Morgan fingerprint density at radius 2 is 1.30 bits per heavy atom. The number of hydrogen-bond acceptors (Lipinski definition) is 2. The topological polar surface area (TPSA) is 34.1 Å². The van der Waals surface area contributed by atoms with Crippen molar-refractivity contribution in [2.75, 3.05) is 0 Å². The van der Waals surface area contributed by atoms with E-state index in [2.05, 4.69) is 0 Å². The molecule has 0 aromatic rings. The summed E-state index contributed by atoms with van der Waals surface area (Å²) in [4.78, 5) is 22.0. The van der Waals surface area contributed by atoms with Gasteiger partial charge in [-0.15, -0.1) is 0 Å². The Labute approximate surface area is 60.6 Å². The highest BCUT2D eigenvalue weighted by molar-refractivity contribution is 5.95. The van der Waals surface area contributed by atoms with E-state index in [9.17, 15) is 9.59 Å². The minimum Gasteiger partial charge on any atom is -0.299 e. The van der Waals surface area contributed by atoms with Gasteiger partial charge in [0.1, 0.15) is 11.6 Å². The zero-order valence-corrected chi connectivity index (χ0v) is 6.39. The Morgan fingerprint density at radius 1 is 1.00 bits per heavy atom. The molecule has 2 nitrogen and oxygen atoms in total. The lowest BCUT2D eigenvalue weighted by molar-refractivity contribution is -0.135. The van der Waals surface area contributed by atoms with Crippen LogP contribution in [-0.2, 0) is 9.59 Å². The third-order valence-electron chi connectivity index (χ3n) is 2.11. The van der Waals surface area contributed by atoms with Gasteiger partial charge in [0.2, 0.25) is 0 Å². The van der Waals surface area contributed by atoms with E-state index in [0.29, 0.717) is 12.8 Å². The Bertz CT molecular complexity index is 152. The highest BCUT2D eigenvalue weighted by Gasteiger charge is 2.28. The zero-order chi connectivity index (χ0) is 7.72. The second kappa shape index (κ2) is 2.52. The van der Waals surface area contributed by atoms with Gasteiger partial charge in [-0.2, -0.15) is 0 Å². The average Bonchev–Trinajstić information content (AvgIpc) is 1.84. The lowest BCUT2D eigenvalue weighted by atomic mass is 9.82. The van der Waals surface area contributed by atoms with Gasteiger partial charge in [0, 0.05) is 24.7 Å². The molecular weight excluding hydrogens is 128 g/mol. The first kappa shape index (κ1) is 7.45. The van der Waals surface area contributed by atoms with E-state index in [1.807, 2.05) is 13.8 Å². The van der Waals surface area contributed by atoms with E-state index >= 15 is 0 Å². The summed E-state index contributed by atoms with van der Waals surface area (Å²) in [6.45, 7) is 3.65. The number of carbonyl (C=O) groups is 2. The first-order valence-electron chi connectivity index (χ1n) is 3.66. The van der Waals surface area contributed by atoms with Crippen LogP contribution in [0.3, 0.4) is 0 Å². The molecule has 1 rings (SSSR count). The molecule has 56 valence electrons. The second-order valence-electron chi connectivity index (χ2n) is 3.14. The molecule has 0 N–H and O–H groups in total. The molecule has 1 fully saturated rings. The summed E-state index contributed by atoms with van der Waals surface area (Å²) in [7, 11) is 0. The lowest BCUT2D eigenvalue weighted by Gasteiger charge is -2.20. The predicted octanol–water partition coefficient (Wildman–Crippen LogP) is 1.19. The van der Waals surface area contributed by atoms with E-state index in [4.69, 9.17) is 0 Å². The number of ketones is 2. The fraction of sp³-hybridized carbons (Fsp3) is 0.750. The van der Waals surface area contributed by atoms with Crippen LogP contribution in [0.4, 0.5) is 0 Å². The van der Waals surface area contributed by atoms with Gasteiger partial charge in [-0.25, -0.2) is 0 Å². The highest BCUT2D eigenvalue weighted by atomic mass is 16.1. The predicted molar refractivity (Wildman–Crippen MR) is 37.6 cm³/mol. The second-order valence-corrected chi connectivity index (χ2v) is 3.14. The third-order valence-corrected chi connectivity index (χ3v) is 2.11. The summed E-state index contributed by atoms with van der Waals surface area (Å²) < 4.78 is 0. The molecular formula is C8H12O2. The molecule has 0 bridgehead atoms. The fourth-order valence-electron chi connectivity index (χ4n) is 1.23. The van der Waals surface area contributed by atoms with Gasteiger partial charge in [0.05, 0.1) is 0 Å². The number of hydrogen-bond donors (Lipinski definition) is 0. The summed E-state index contributed by atoms with van der Waals surface area (Å²) in [5.41, 5.74) is 0. The molecule has 1 saturated carbocycles. The minimum atomic E-state index is -0.0244. The number of carbonyl (C=O) groups excluding carboxylic acids is 2. The van der Waals surface area contributed by atoms with Crippen molar-refractivity contribution in [2.45, 2.75) is 26.7 Å². The molecule has 0 aromatic carbocycles. The first-order chi connectivity index (χ1) is 4.61. The Balaban J connectivity index is 2.63. The minimum absolute atomic E-state index is 0.0244. The van der Waals surface area contributed by atoms with Crippen LogP contribution in [0.2, 0.25) is 0 Å². The zero-order valence-electron chi connectivity index (χ0n) is 6.39. The largest absolute Gasteiger partial charge is 0.299 e. The lowest BCUT2D eigenvalue weighted by Crippen LogP contribution is -2.28. The SMILES string of the molecule is C[C@H]1CC(=O)[C@@H](C)CC1=O. The number of rotatable bonds is 0. The molecule has 0 heterocycles. The van der Waals surface area contributed by atoms with Crippen LogP contribution in [0.5, 0.6) is 0 Å². The van der Waals surface area contributed by atoms with E-state index in [-0.39, 0.29) is 23.4 Å². The van der Waals surface area contributed by atoms with Crippen LogP contribution in [0, 0.1) is 11.8 Å². The van der Waals surface area contributed by atoms with Crippen molar-refractivity contribution in [3.8, 4) is 0 Å². The van der Waals surface area contributed by atoms with E-state index < -0.39 is 0 Å². The van der Waals surface area contributed by atoms with Crippen molar-refractivity contribution in [2.24, 2.45) is 11.8 Å². The van der Waals surface area contributed by atoms with Crippen LogP contribution in [0.15, 0.2) is 0 Å². The van der Waals surface area contributed by atoms with Crippen molar-refractivity contribution >= 4 is 11.6 Å². The summed E-state index contributed by atoms with van der Waals surface area (Å²) in [5.74, 6) is 0.437. The van der Waals surface area contributed by atoms with Crippen LogP contribution < -0.4 is 0 Å². The summed E-state index contributed by atoms with van der Waals surface area (Å²) >= 11 is 0. The van der Waals surface area contributed by atoms with E-state index in [1.165, 1.54) is 0 Å². The van der Waals surface area contributed by atoms with Crippen LogP contribution in [-0.4, -0.2) is 11.6 Å². The van der Waals surface area contributed by atoms with Crippen molar-refractivity contribution in [1.82, 2.24) is 0 Å². The van der Waals surface area contributed by atoms with Gasteiger partial charge in [-0.3, -0.25) is 9.59 Å². The highest BCUT2D eigenvalue weighted by Crippen LogP contribution is 2.21. The standard InChI is InChI=1S/C8H12O2/c1-5-3-8(10)6(2)4-7(5)9/h5-6H,3-4H2,1-2H3/t5-,6-/m0/s1. The molecule has 0 saturated heterocycles. The van der Waals surface area contributed by atoms with Gasteiger partial charge in [-0.05, 0) is 0 Å². The molecule has 0 radical (unpaired) electrons. The molecule has 1 aliphatic rings. The molecule has 2 heteroatoms. The summed E-state index contributed by atoms with van der Waals surface area (Å²) in [6, 6.07) is 0. The van der Waals surface area contributed by atoms with E-state index in [1.54, 1.807) is 0 Å². The summed E-state index contributed by atoms with van der Waals surface area (Å²) in [5, 5.41) is 0. The summed E-state index contributed by atoms with van der Waals surface area (Å²) in [6.07, 6.45) is 0.917. The molecule has 0 aliphatic heterocycles. The van der Waals surface area contributed by atoms with Gasteiger partial charge < -0.3 is 0 Å². The molecule has 0 amide bonds. The average molecular weight is 140 g/mol. The first-order valence-corrected chi connectivity index (χ1v) is 3.66. The molecule has 2 atom stereocenters. The molecule has 0 unspecified atom stereocenters. The maximum atomic E-state index is 11.0. The molecule has 0 spiro atoms. The monoisotopic (exact) mass is 140 g/mol. The molecule has 1 aliphatic carbocycles. The van der Waals surface area contributed by atoms with Gasteiger partial charge in [-0.1, -0.05) is 13.8 Å². The third kappa shape index (κ3) is 1.25. The van der Waals surface area contributed by atoms with Crippen molar-refractivity contribution < 1.29 is 9.59 Å². The quantitative estimate of drug-likeness (QED) is 0.506. The Kier molecular flexibility index (Phi) is 1.88. The fourth-order valence-corrected chi connectivity index (χ4v) is 1.23. The van der Waals surface area contributed by atoms with E-state index in [0.717, 1.165) is 0 Å². The Morgan fingerprint density at radius 3 is 1.60 bits per heavy atom.